The number of hydrogen-bond acceptors (Lipinski definition) is 13. The van der Waals surface area contributed by atoms with Crippen LogP contribution in [-0.4, -0.2) is 79.3 Å². The molecule has 1 saturated heterocycles. The Balaban J connectivity index is 1.52. The van der Waals surface area contributed by atoms with E-state index in [9.17, 15) is 19.5 Å². The molecule has 1 fully saturated rings. The van der Waals surface area contributed by atoms with E-state index >= 15 is 0 Å². The SMILES string of the molecule is CO/N=C(\C(=O)NC1C(=O)N2C(C(=O)O)=C(Sc3cccnc3CSCCN)CCC12)c1nsc(N)n1. The molecule has 2 atom stereocenters. The monoisotopic (exact) mass is 564 g/mol. The van der Waals surface area contributed by atoms with Crippen LogP contribution in [0.1, 0.15) is 24.4 Å². The van der Waals surface area contributed by atoms with Gasteiger partial charge < -0.3 is 26.7 Å². The summed E-state index contributed by atoms with van der Waals surface area (Å²) < 4.78 is 3.96. The minimum absolute atomic E-state index is 0.0316. The molecular weight excluding hydrogens is 540 g/mol. The minimum Gasteiger partial charge on any atom is -0.477 e. The van der Waals surface area contributed by atoms with Crippen LogP contribution in [-0.2, 0) is 25.0 Å². The maximum atomic E-state index is 13.1. The summed E-state index contributed by atoms with van der Waals surface area (Å²) in [4.78, 5) is 53.9. The molecule has 196 valence electrons. The zero-order valence-corrected chi connectivity index (χ0v) is 22.1. The number of anilines is 1. The van der Waals surface area contributed by atoms with Crippen molar-refractivity contribution in [3.63, 3.8) is 0 Å². The lowest BCUT2D eigenvalue weighted by Crippen LogP contribution is -2.72. The zero-order chi connectivity index (χ0) is 26.5. The third-order valence-corrected chi connectivity index (χ3v) is 8.30. The standard InChI is InChI=1S/C21H24N8O5S3/c1-34-27-15(17-26-21(23)37-28-17)18(30)25-14-11-4-5-13(16(20(32)33)29(11)19(14)31)36-12-3-2-7-24-10(12)9-35-8-6-22/h2-3,7,11,14H,4-6,8-9,22H2,1H3,(H,25,30)(H,32,33)(H2,23,26,28)/b27-15-. The van der Waals surface area contributed by atoms with Gasteiger partial charge in [0, 0.05) is 45.6 Å². The highest BCUT2D eigenvalue weighted by atomic mass is 32.2. The van der Waals surface area contributed by atoms with E-state index < -0.39 is 29.9 Å². The first-order valence-corrected chi connectivity index (χ1v) is 13.8. The lowest BCUT2D eigenvalue weighted by molar-refractivity contribution is -0.155. The van der Waals surface area contributed by atoms with Gasteiger partial charge in [-0.05, 0) is 25.0 Å². The Labute approximate surface area is 224 Å². The van der Waals surface area contributed by atoms with Gasteiger partial charge in [0.25, 0.3) is 11.8 Å². The zero-order valence-electron chi connectivity index (χ0n) is 19.6. The van der Waals surface area contributed by atoms with Crippen LogP contribution in [0.5, 0.6) is 0 Å². The number of nitrogens with two attached hydrogens (primary N) is 2. The summed E-state index contributed by atoms with van der Waals surface area (Å²) in [6.07, 6.45) is 2.57. The first-order chi connectivity index (χ1) is 17.8. The Bertz CT molecular complexity index is 1270. The number of fused-ring (bicyclic) bond motifs is 1. The second-order valence-corrected chi connectivity index (χ2v) is 10.8. The molecule has 2 aromatic rings. The van der Waals surface area contributed by atoms with E-state index in [4.69, 9.17) is 16.3 Å². The van der Waals surface area contributed by atoms with Gasteiger partial charge >= 0.3 is 5.97 Å². The van der Waals surface area contributed by atoms with Gasteiger partial charge in [0.1, 0.15) is 18.8 Å². The Morgan fingerprint density at radius 3 is 2.92 bits per heavy atom. The van der Waals surface area contributed by atoms with Crippen molar-refractivity contribution in [2.24, 2.45) is 10.9 Å². The van der Waals surface area contributed by atoms with Crippen molar-refractivity contribution >= 4 is 63.7 Å². The van der Waals surface area contributed by atoms with E-state index in [0.717, 1.165) is 27.9 Å². The van der Waals surface area contributed by atoms with Crippen LogP contribution in [0.4, 0.5) is 5.13 Å². The molecule has 2 aromatic heterocycles. The number of carboxylic acid groups (broad SMARTS) is 1. The number of oxime groups is 1. The number of carbonyl (C=O) groups is 3. The topological polar surface area (TPSA) is 199 Å². The van der Waals surface area contributed by atoms with Gasteiger partial charge in [0.15, 0.2) is 5.13 Å². The summed E-state index contributed by atoms with van der Waals surface area (Å²) in [5.41, 5.74) is 11.7. The first-order valence-electron chi connectivity index (χ1n) is 11.1. The average molecular weight is 565 g/mol. The van der Waals surface area contributed by atoms with Crippen LogP contribution in [0.3, 0.4) is 0 Å². The Kier molecular flexibility index (Phi) is 8.63. The molecular formula is C21H24N8O5S3. The molecule has 4 heterocycles. The maximum Gasteiger partial charge on any atom is 0.353 e. The summed E-state index contributed by atoms with van der Waals surface area (Å²) in [7, 11) is 1.26. The number of hydrogen-bond donors (Lipinski definition) is 4. The third kappa shape index (κ3) is 5.71. The van der Waals surface area contributed by atoms with E-state index in [0.29, 0.717) is 30.0 Å². The van der Waals surface area contributed by atoms with E-state index in [1.54, 1.807) is 24.0 Å². The fraction of sp³-hybridized carbons (Fsp3) is 0.381. The summed E-state index contributed by atoms with van der Waals surface area (Å²) in [5, 5.41) is 16.4. The summed E-state index contributed by atoms with van der Waals surface area (Å²) >= 11 is 3.83. The summed E-state index contributed by atoms with van der Waals surface area (Å²) in [6, 6.07) is 2.23. The van der Waals surface area contributed by atoms with Crippen LogP contribution in [0, 0.1) is 0 Å². The molecule has 0 bridgehead atoms. The minimum atomic E-state index is -1.21. The molecule has 37 heavy (non-hydrogen) atoms. The number of carbonyl (C=O) groups excluding carboxylic acids is 2. The maximum absolute atomic E-state index is 13.1. The second-order valence-electron chi connectivity index (χ2n) is 7.81. The van der Waals surface area contributed by atoms with Gasteiger partial charge in [-0.25, -0.2) is 4.79 Å². The summed E-state index contributed by atoms with van der Waals surface area (Å²) in [5.74, 6) is -1.08. The molecule has 13 nitrogen and oxygen atoms in total. The van der Waals surface area contributed by atoms with Crippen molar-refractivity contribution in [1.82, 2.24) is 24.6 Å². The van der Waals surface area contributed by atoms with Gasteiger partial charge in [0.2, 0.25) is 11.5 Å². The third-order valence-electron chi connectivity index (χ3n) is 5.52. The number of nitrogens with one attached hydrogen (secondary N) is 1. The number of nitrogen functional groups attached to an aromatic ring is 1. The fourth-order valence-electron chi connectivity index (χ4n) is 3.95. The molecule has 2 aliphatic heterocycles. The molecule has 2 amide bonds. The molecule has 2 unspecified atom stereocenters. The molecule has 16 heteroatoms. The van der Waals surface area contributed by atoms with Crippen LogP contribution in [0.15, 0.2) is 39.0 Å². The van der Waals surface area contributed by atoms with Gasteiger partial charge in [-0.15, -0.1) is 0 Å². The van der Waals surface area contributed by atoms with Crippen molar-refractivity contribution in [2.45, 2.75) is 35.6 Å². The number of amides is 2. The quantitative estimate of drug-likeness (QED) is 0.129. The lowest BCUT2D eigenvalue weighted by Gasteiger charge is -2.50. The van der Waals surface area contributed by atoms with Crippen molar-refractivity contribution in [1.29, 1.82) is 0 Å². The highest BCUT2D eigenvalue weighted by Gasteiger charge is 2.54. The fourth-order valence-corrected chi connectivity index (χ4v) is 6.37. The lowest BCUT2D eigenvalue weighted by atomic mass is 9.86. The number of thioether (sulfide) groups is 2. The molecule has 4 rings (SSSR count). The molecule has 0 saturated carbocycles. The van der Waals surface area contributed by atoms with Crippen LogP contribution < -0.4 is 16.8 Å². The second kappa shape index (κ2) is 11.9. The molecule has 0 radical (unpaired) electrons. The van der Waals surface area contributed by atoms with Gasteiger partial charge in [0.05, 0.1) is 11.7 Å². The van der Waals surface area contributed by atoms with E-state index in [2.05, 4.69) is 24.8 Å². The smallest absolute Gasteiger partial charge is 0.353 e. The Morgan fingerprint density at radius 1 is 1.43 bits per heavy atom. The number of aliphatic carboxylic acids is 1. The van der Waals surface area contributed by atoms with E-state index in [-0.39, 0.29) is 22.4 Å². The van der Waals surface area contributed by atoms with Crippen LogP contribution >= 0.6 is 35.1 Å². The highest BCUT2D eigenvalue weighted by Crippen LogP contribution is 2.44. The van der Waals surface area contributed by atoms with Crippen LogP contribution in [0.25, 0.3) is 0 Å². The average Bonchev–Trinajstić information content (AvgIpc) is 3.32. The predicted molar refractivity (Wildman–Crippen MR) is 140 cm³/mol. The number of rotatable bonds is 11. The normalized spacial score (nSPS) is 19.4. The van der Waals surface area contributed by atoms with Gasteiger partial charge in [-0.1, -0.05) is 16.9 Å². The Morgan fingerprint density at radius 2 is 2.24 bits per heavy atom. The Hall–Kier alpha value is -3.21. The molecule has 0 aliphatic carbocycles. The van der Waals surface area contributed by atoms with E-state index in [1.165, 1.54) is 23.8 Å². The summed E-state index contributed by atoms with van der Waals surface area (Å²) in [6.45, 7) is 0.553. The number of nitrogens with zero attached hydrogens (tertiary/aromatic N) is 5. The van der Waals surface area contributed by atoms with Crippen molar-refractivity contribution in [3.05, 3.63) is 40.5 Å². The van der Waals surface area contributed by atoms with Crippen molar-refractivity contribution in [3.8, 4) is 0 Å². The number of β-lactam (4-membered cyclic amide) rings is 1. The van der Waals surface area contributed by atoms with Crippen molar-refractivity contribution < 1.29 is 24.3 Å². The molecule has 0 spiro atoms. The number of carboxylic acids is 1. The highest BCUT2D eigenvalue weighted by molar-refractivity contribution is 8.03. The first kappa shape index (κ1) is 26.8. The van der Waals surface area contributed by atoms with Gasteiger partial charge in [-0.2, -0.15) is 21.1 Å². The van der Waals surface area contributed by atoms with Crippen molar-refractivity contribution in [2.75, 3.05) is 25.1 Å². The number of allylic oxidation sites excluding steroid dienone is 1. The molecule has 0 aromatic carbocycles. The predicted octanol–water partition coefficient (Wildman–Crippen LogP) is 0.636. The largest absolute Gasteiger partial charge is 0.477 e. The van der Waals surface area contributed by atoms with Crippen LogP contribution in [0.2, 0.25) is 0 Å². The van der Waals surface area contributed by atoms with Gasteiger partial charge in [-0.3, -0.25) is 19.5 Å². The molecule has 6 N–H and O–H groups in total. The van der Waals surface area contributed by atoms with E-state index in [1.807, 2.05) is 6.07 Å². The molecule has 2 aliphatic rings. The number of pyridine rings is 1. The number of aromatic nitrogens is 3.